The summed E-state index contributed by atoms with van der Waals surface area (Å²) in [6.45, 7) is 1.46. The van der Waals surface area contributed by atoms with E-state index in [2.05, 4.69) is 0 Å². The molecule has 0 spiro atoms. The van der Waals surface area contributed by atoms with E-state index in [0.29, 0.717) is 5.56 Å². The molecule has 1 aliphatic heterocycles. The molecule has 1 aliphatic rings. The molecule has 98 valence electrons. The van der Waals surface area contributed by atoms with Crippen molar-refractivity contribution in [2.45, 2.75) is 19.3 Å². The van der Waals surface area contributed by atoms with Crippen molar-refractivity contribution >= 4 is 12.0 Å². The number of piperidine rings is 1. The van der Waals surface area contributed by atoms with Gasteiger partial charge in [-0.15, -0.1) is 0 Å². The van der Waals surface area contributed by atoms with Crippen molar-refractivity contribution in [3.05, 3.63) is 35.9 Å². The van der Waals surface area contributed by atoms with Crippen molar-refractivity contribution in [3.8, 4) is 0 Å². The molecule has 3 N–H and O–H groups in total. The van der Waals surface area contributed by atoms with Gasteiger partial charge in [-0.2, -0.15) is 0 Å². The monoisotopic (exact) mass is 250 g/mol. The Morgan fingerprint density at radius 3 is 1.94 bits per heavy atom. The van der Waals surface area contributed by atoms with E-state index >= 15 is 0 Å². The van der Waals surface area contributed by atoms with Gasteiger partial charge in [0.2, 0.25) is 5.91 Å². The van der Waals surface area contributed by atoms with Crippen LogP contribution in [-0.2, 0) is 0 Å². The fourth-order valence-electron chi connectivity index (χ4n) is 1.69. The summed E-state index contributed by atoms with van der Waals surface area (Å²) in [5, 5.41) is 8.46. The normalized spacial score (nSPS) is 14.3. The van der Waals surface area contributed by atoms with E-state index in [1.165, 1.54) is 11.3 Å². The van der Waals surface area contributed by atoms with Crippen molar-refractivity contribution < 1.29 is 14.7 Å². The molecule has 0 bridgehead atoms. The third kappa shape index (κ3) is 4.86. The first-order valence-electron chi connectivity index (χ1n) is 5.94. The number of benzene rings is 1. The SMILES string of the molecule is NC(=O)c1ccccc1.O=C(O)N1CCCCC1. The van der Waals surface area contributed by atoms with E-state index < -0.39 is 6.09 Å². The van der Waals surface area contributed by atoms with Crippen molar-refractivity contribution in [2.24, 2.45) is 5.73 Å². The van der Waals surface area contributed by atoms with Crippen molar-refractivity contribution in [1.82, 2.24) is 4.90 Å². The predicted octanol–water partition coefficient (Wildman–Crippen LogP) is 1.94. The van der Waals surface area contributed by atoms with Crippen molar-refractivity contribution in [3.63, 3.8) is 0 Å². The highest BCUT2D eigenvalue weighted by Crippen LogP contribution is 2.07. The summed E-state index contributed by atoms with van der Waals surface area (Å²) in [4.78, 5) is 22.2. The van der Waals surface area contributed by atoms with Gasteiger partial charge < -0.3 is 15.7 Å². The van der Waals surface area contributed by atoms with Crippen LogP contribution in [0.3, 0.4) is 0 Å². The highest BCUT2D eigenvalue weighted by atomic mass is 16.4. The molecule has 2 rings (SSSR count). The molecular formula is C13H18N2O3. The molecule has 2 amide bonds. The van der Waals surface area contributed by atoms with Gasteiger partial charge in [0.1, 0.15) is 0 Å². The van der Waals surface area contributed by atoms with Crippen LogP contribution in [0.25, 0.3) is 0 Å². The zero-order valence-corrected chi connectivity index (χ0v) is 10.2. The third-order valence-corrected chi connectivity index (χ3v) is 2.68. The maximum Gasteiger partial charge on any atom is 0.407 e. The molecule has 0 aromatic heterocycles. The zero-order chi connectivity index (χ0) is 13.4. The molecule has 0 unspecified atom stereocenters. The van der Waals surface area contributed by atoms with Gasteiger partial charge in [-0.25, -0.2) is 4.79 Å². The maximum absolute atomic E-state index is 10.4. The van der Waals surface area contributed by atoms with Gasteiger partial charge in [0.15, 0.2) is 0 Å². The molecule has 1 aromatic rings. The molecule has 0 aliphatic carbocycles. The summed E-state index contributed by atoms with van der Waals surface area (Å²) < 4.78 is 0. The minimum absolute atomic E-state index is 0.379. The van der Waals surface area contributed by atoms with Crippen LogP contribution in [0.1, 0.15) is 29.6 Å². The number of nitrogens with zero attached hydrogens (tertiary/aromatic N) is 1. The molecule has 1 heterocycles. The Balaban J connectivity index is 0.000000180. The van der Waals surface area contributed by atoms with Crippen LogP contribution in [0.4, 0.5) is 4.79 Å². The summed E-state index contributed by atoms with van der Waals surface area (Å²) in [5.41, 5.74) is 5.53. The summed E-state index contributed by atoms with van der Waals surface area (Å²) in [6, 6.07) is 8.76. The number of carboxylic acid groups (broad SMARTS) is 1. The van der Waals surface area contributed by atoms with E-state index in [1.54, 1.807) is 24.3 Å². The van der Waals surface area contributed by atoms with E-state index in [9.17, 15) is 9.59 Å². The van der Waals surface area contributed by atoms with Gasteiger partial charge in [-0.05, 0) is 31.4 Å². The number of carbonyl (C=O) groups is 2. The molecule has 1 saturated heterocycles. The van der Waals surface area contributed by atoms with Gasteiger partial charge in [0.25, 0.3) is 0 Å². The van der Waals surface area contributed by atoms with Gasteiger partial charge in [0, 0.05) is 18.7 Å². The lowest BCUT2D eigenvalue weighted by atomic mass is 10.1. The quantitative estimate of drug-likeness (QED) is 0.798. The van der Waals surface area contributed by atoms with Crippen molar-refractivity contribution in [2.75, 3.05) is 13.1 Å². The number of likely N-dealkylation sites (tertiary alicyclic amines) is 1. The van der Waals surface area contributed by atoms with Crippen LogP contribution in [0.15, 0.2) is 30.3 Å². The predicted molar refractivity (Wildman–Crippen MR) is 68.4 cm³/mol. The van der Waals surface area contributed by atoms with Crippen LogP contribution in [0.5, 0.6) is 0 Å². The Hall–Kier alpha value is -2.04. The van der Waals surface area contributed by atoms with Gasteiger partial charge in [-0.3, -0.25) is 4.79 Å². The molecule has 18 heavy (non-hydrogen) atoms. The number of carbonyl (C=O) groups excluding carboxylic acids is 1. The standard InChI is InChI=1S/C7H7NO.C6H11NO2/c8-7(9)6-4-2-1-3-5-6;8-6(9)7-4-2-1-3-5-7/h1-5H,(H2,8,9);1-5H2,(H,8,9). The fourth-order valence-corrected chi connectivity index (χ4v) is 1.69. The second-order valence-corrected chi connectivity index (χ2v) is 4.06. The lowest BCUT2D eigenvalue weighted by molar-refractivity contribution is 0.1000. The number of hydrogen-bond donors (Lipinski definition) is 2. The number of hydrogen-bond acceptors (Lipinski definition) is 2. The highest BCUT2D eigenvalue weighted by Gasteiger charge is 2.13. The molecule has 0 saturated carbocycles. The van der Waals surface area contributed by atoms with Crippen LogP contribution >= 0.6 is 0 Å². The molecule has 5 heteroatoms. The highest BCUT2D eigenvalue weighted by molar-refractivity contribution is 5.92. The van der Waals surface area contributed by atoms with E-state index in [4.69, 9.17) is 10.8 Å². The summed E-state index contributed by atoms with van der Waals surface area (Å²) in [6.07, 6.45) is 2.48. The Morgan fingerprint density at radius 1 is 1.06 bits per heavy atom. The van der Waals surface area contributed by atoms with Crippen LogP contribution in [0.2, 0.25) is 0 Å². The smallest absolute Gasteiger partial charge is 0.407 e. The Bertz CT molecular complexity index is 386. The maximum atomic E-state index is 10.4. The van der Waals surface area contributed by atoms with Gasteiger partial charge >= 0.3 is 6.09 Å². The van der Waals surface area contributed by atoms with Crippen LogP contribution in [-0.4, -0.2) is 35.1 Å². The lowest BCUT2D eigenvalue weighted by Crippen LogP contribution is -2.34. The molecule has 1 aromatic carbocycles. The summed E-state index contributed by atoms with van der Waals surface area (Å²) >= 11 is 0. The average molecular weight is 250 g/mol. The first-order valence-corrected chi connectivity index (χ1v) is 5.94. The minimum atomic E-state index is -0.769. The minimum Gasteiger partial charge on any atom is -0.465 e. The number of primary amides is 1. The molecule has 5 nitrogen and oxygen atoms in total. The second-order valence-electron chi connectivity index (χ2n) is 4.06. The Kier molecular flexibility index (Phi) is 5.70. The largest absolute Gasteiger partial charge is 0.465 e. The fraction of sp³-hybridized carbons (Fsp3) is 0.385. The number of nitrogens with two attached hydrogens (primary N) is 1. The third-order valence-electron chi connectivity index (χ3n) is 2.68. The molecule has 1 fully saturated rings. The number of rotatable bonds is 1. The summed E-state index contributed by atoms with van der Waals surface area (Å²) in [5.74, 6) is -0.379. The summed E-state index contributed by atoms with van der Waals surface area (Å²) in [7, 11) is 0. The molecule has 0 radical (unpaired) electrons. The first kappa shape index (κ1) is 14.0. The second kappa shape index (κ2) is 7.32. The van der Waals surface area contributed by atoms with Crippen LogP contribution in [0, 0.1) is 0 Å². The molecular weight excluding hydrogens is 232 g/mol. The first-order chi connectivity index (χ1) is 8.61. The molecule has 0 atom stereocenters. The van der Waals surface area contributed by atoms with Gasteiger partial charge in [-0.1, -0.05) is 18.2 Å². The van der Waals surface area contributed by atoms with Crippen LogP contribution < -0.4 is 5.73 Å². The van der Waals surface area contributed by atoms with E-state index in [1.807, 2.05) is 6.07 Å². The number of amides is 2. The van der Waals surface area contributed by atoms with Crippen molar-refractivity contribution in [1.29, 1.82) is 0 Å². The average Bonchev–Trinajstić information content (AvgIpc) is 2.41. The van der Waals surface area contributed by atoms with Gasteiger partial charge in [0.05, 0.1) is 0 Å². The van der Waals surface area contributed by atoms with E-state index in [-0.39, 0.29) is 5.91 Å². The Morgan fingerprint density at radius 2 is 1.61 bits per heavy atom. The Labute approximate surface area is 106 Å². The zero-order valence-electron chi connectivity index (χ0n) is 10.2. The van der Waals surface area contributed by atoms with E-state index in [0.717, 1.165) is 25.9 Å². The lowest BCUT2D eigenvalue weighted by Gasteiger charge is -2.22. The topological polar surface area (TPSA) is 83.6 Å².